The van der Waals surface area contributed by atoms with Crippen LogP contribution in [0.3, 0.4) is 0 Å². The molecule has 25 heavy (non-hydrogen) atoms. The molecule has 134 valence electrons. The Labute approximate surface area is 147 Å². The first kappa shape index (κ1) is 17.2. The Kier molecular flexibility index (Phi) is 5.81. The number of rotatable bonds is 7. The first-order chi connectivity index (χ1) is 12.2. The standard InChI is InChI=1S/C17H25N7O/c1-14-21-15(12-16(22-14)23-9-3-2-4-10-23)18-7-8-19-17(25)13-24-11-5-6-20-24/h5-6,11-12H,2-4,7-10,13H2,1H3,(H,19,25)(H,18,21,22). The van der Waals surface area contributed by atoms with Gasteiger partial charge in [-0.2, -0.15) is 5.10 Å². The Balaban J connectivity index is 1.46. The third-order valence-corrected chi connectivity index (χ3v) is 4.12. The summed E-state index contributed by atoms with van der Waals surface area (Å²) in [5.74, 6) is 2.48. The summed E-state index contributed by atoms with van der Waals surface area (Å²) in [4.78, 5) is 23.1. The number of amides is 1. The fourth-order valence-corrected chi connectivity index (χ4v) is 2.92. The zero-order valence-corrected chi connectivity index (χ0v) is 14.6. The lowest BCUT2D eigenvalue weighted by atomic mass is 10.1. The van der Waals surface area contributed by atoms with E-state index in [9.17, 15) is 4.79 Å². The van der Waals surface area contributed by atoms with Gasteiger partial charge in [-0.25, -0.2) is 9.97 Å². The summed E-state index contributed by atoms with van der Waals surface area (Å²) in [5.41, 5.74) is 0. The minimum Gasteiger partial charge on any atom is -0.368 e. The molecule has 1 amide bonds. The van der Waals surface area contributed by atoms with Gasteiger partial charge in [-0.1, -0.05) is 0 Å². The van der Waals surface area contributed by atoms with E-state index in [0.717, 1.165) is 30.5 Å². The van der Waals surface area contributed by atoms with Crippen LogP contribution in [0.25, 0.3) is 0 Å². The van der Waals surface area contributed by atoms with Gasteiger partial charge in [0.15, 0.2) is 0 Å². The second-order valence-electron chi connectivity index (χ2n) is 6.19. The van der Waals surface area contributed by atoms with Crippen LogP contribution in [-0.4, -0.2) is 51.8 Å². The first-order valence-electron chi connectivity index (χ1n) is 8.79. The van der Waals surface area contributed by atoms with Crippen molar-refractivity contribution in [1.82, 2.24) is 25.1 Å². The predicted molar refractivity (Wildman–Crippen MR) is 96.6 cm³/mol. The highest BCUT2D eigenvalue weighted by molar-refractivity contribution is 5.75. The molecule has 0 radical (unpaired) electrons. The molecule has 2 aromatic rings. The molecule has 0 bridgehead atoms. The molecule has 3 heterocycles. The van der Waals surface area contributed by atoms with E-state index >= 15 is 0 Å². The van der Waals surface area contributed by atoms with Crippen molar-refractivity contribution in [2.75, 3.05) is 36.4 Å². The molecule has 0 aromatic carbocycles. The molecule has 2 N–H and O–H groups in total. The van der Waals surface area contributed by atoms with Gasteiger partial charge >= 0.3 is 0 Å². The van der Waals surface area contributed by atoms with Gasteiger partial charge in [0.05, 0.1) is 0 Å². The highest BCUT2D eigenvalue weighted by Crippen LogP contribution is 2.20. The third-order valence-electron chi connectivity index (χ3n) is 4.12. The molecule has 2 aromatic heterocycles. The number of nitrogens with one attached hydrogen (secondary N) is 2. The Morgan fingerprint density at radius 2 is 2.04 bits per heavy atom. The number of carbonyl (C=O) groups is 1. The average Bonchev–Trinajstić information content (AvgIpc) is 3.12. The van der Waals surface area contributed by atoms with Crippen molar-refractivity contribution >= 4 is 17.5 Å². The van der Waals surface area contributed by atoms with Crippen molar-refractivity contribution in [2.24, 2.45) is 0 Å². The quantitative estimate of drug-likeness (QED) is 0.735. The summed E-state index contributed by atoms with van der Waals surface area (Å²) >= 11 is 0. The molecule has 8 heteroatoms. The SMILES string of the molecule is Cc1nc(NCCNC(=O)Cn2cccn2)cc(N2CCCCC2)n1. The Morgan fingerprint density at radius 1 is 1.20 bits per heavy atom. The molecule has 1 fully saturated rings. The summed E-state index contributed by atoms with van der Waals surface area (Å²) in [7, 11) is 0. The van der Waals surface area contributed by atoms with E-state index in [2.05, 4.69) is 30.6 Å². The van der Waals surface area contributed by atoms with Gasteiger partial charge in [-0.3, -0.25) is 9.48 Å². The Hall–Kier alpha value is -2.64. The lowest BCUT2D eigenvalue weighted by Gasteiger charge is -2.28. The largest absolute Gasteiger partial charge is 0.368 e. The topological polar surface area (TPSA) is 88.0 Å². The molecule has 1 aliphatic rings. The highest BCUT2D eigenvalue weighted by atomic mass is 16.2. The van der Waals surface area contributed by atoms with Gasteiger partial charge in [0.1, 0.15) is 24.0 Å². The van der Waals surface area contributed by atoms with E-state index in [-0.39, 0.29) is 12.5 Å². The van der Waals surface area contributed by atoms with Crippen molar-refractivity contribution in [2.45, 2.75) is 32.7 Å². The smallest absolute Gasteiger partial charge is 0.241 e. The number of hydrogen-bond acceptors (Lipinski definition) is 6. The van der Waals surface area contributed by atoms with E-state index in [1.807, 2.05) is 13.0 Å². The maximum absolute atomic E-state index is 11.8. The van der Waals surface area contributed by atoms with Crippen LogP contribution in [0.5, 0.6) is 0 Å². The zero-order chi connectivity index (χ0) is 17.5. The van der Waals surface area contributed by atoms with Crippen LogP contribution in [0, 0.1) is 6.92 Å². The van der Waals surface area contributed by atoms with Crippen molar-refractivity contribution in [1.29, 1.82) is 0 Å². The Morgan fingerprint density at radius 3 is 2.80 bits per heavy atom. The van der Waals surface area contributed by atoms with E-state index in [0.29, 0.717) is 13.1 Å². The molecular formula is C17H25N7O. The monoisotopic (exact) mass is 343 g/mol. The molecule has 0 spiro atoms. The van der Waals surface area contributed by atoms with Crippen molar-refractivity contribution in [3.8, 4) is 0 Å². The minimum absolute atomic E-state index is 0.0571. The fraction of sp³-hybridized carbons (Fsp3) is 0.529. The normalized spacial score (nSPS) is 14.4. The van der Waals surface area contributed by atoms with Crippen LogP contribution in [0.4, 0.5) is 11.6 Å². The number of piperidine rings is 1. The van der Waals surface area contributed by atoms with Gasteiger partial charge in [0, 0.05) is 44.6 Å². The predicted octanol–water partition coefficient (Wildman–Crippen LogP) is 1.20. The van der Waals surface area contributed by atoms with Crippen LogP contribution in [0.1, 0.15) is 25.1 Å². The van der Waals surface area contributed by atoms with Crippen molar-refractivity contribution in [3.63, 3.8) is 0 Å². The van der Waals surface area contributed by atoms with Crippen LogP contribution >= 0.6 is 0 Å². The summed E-state index contributed by atoms with van der Waals surface area (Å²) in [6.45, 7) is 5.39. The van der Waals surface area contributed by atoms with Gasteiger partial charge in [0.2, 0.25) is 5.91 Å². The molecule has 3 rings (SSSR count). The van der Waals surface area contributed by atoms with Crippen molar-refractivity contribution in [3.05, 3.63) is 30.4 Å². The van der Waals surface area contributed by atoms with Crippen LogP contribution in [0.15, 0.2) is 24.5 Å². The van der Waals surface area contributed by atoms with Crippen LogP contribution in [0.2, 0.25) is 0 Å². The van der Waals surface area contributed by atoms with Crippen LogP contribution < -0.4 is 15.5 Å². The Bertz CT molecular complexity index is 680. The molecule has 0 unspecified atom stereocenters. The molecule has 1 saturated heterocycles. The van der Waals surface area contributed by atoms with Gasteiger partial charge in [-0.15, -0.1) is 0 Å². The fourth-order valence-electron chi connectivity index (χ4n) is 2.92. The van der Waals surface area contributed by atoms with E-state index < -0.39 is 0 Å². The molecule has 0 saturated carbocycles. The van der Waals surface area contributed by atoms with E-state index in [4.69, 9.17) is 0 Å². The molecule has 0 aliphatic carbocycles. The number of aromatic nitrogens is 4. The lowest BCUT2D eigenvalue weighted by molar-refractivity contribution is -0.121. The third kappa shape index (κ3) is 5.17. The van der Waals surface area contributed by atoms with Crippen LogP contribution in [-0.2, 0) is 11.3 Å². The van der Waals surface area contributed by atoms with Gasteiger partial charge in [-0.05, 0) is 32.3 Å². The summed E-state index contributed by atoms with van der Waals surface area (Å²) < 4.78 is 1.60. The number of hydrogen-bond donors (Lipinski definition) is 2. The highest BCUT2D eigenvalue weighted by Gasteiger charge is 2.13. The lowest BCUT2D eigenvalue weighted by Crippen LogP contribution is -2.32. The molecule has 8 nitrogen and oxygen atoms in total. The van der Waals surface area contributed by atoms with Gasteiger partial charge in [0.25, 0.3) is 0 Å². The summed E-state index contributed by atoms with van der Waals surface area (Å²) in [6.07, 6.45) is 7.15. The number of anilines is 2. The van der Waals surface area contributed by atoms with Crippen molar-refractivity contribution < 1.29 is 4.79 Å². The summed E-state index contributed by atoms with van der Waals surface area (Å²) in [6, 6.07) is 3.79. The number of nitrogens with zero attached hydrogens (tertiary/aromatic N) is 5. The maximum atomic E-state index is 11.8. The number of carbonyl (C=O) groups excluding carboxylic acids is 1. The molecular weight excluding hydrogens is 318 g/mol. The van der Waals surface area contributed by atoms with Gasteiger partial charge < -0.3 is 15.5 Å². The van der Waals surface area contributed by atoms with E-state index in [1.165, 1.54) is 19.3 Å². The molecule has 1 aliphatic heterocycles. The summed E-state index contributed by atoms with van der Waals surface area (Å²) in [5, 5.41) is 10.1. The first-order valence-corrected chi connectivity index (χ1v) is 8.79. The van der Waals surface area contributed by atoms with E-state index in [1.54, 1.807) is 23.1 Å². The average molecular weight is 343 g/mol. The maximum Gasteiger partial charge on any atom is 0.241 e. The minimum atomic E-state index is -0.0571. The zero-order valence-electron chi connectivity index (χ0n) is 14.6. The number of aryl methyl sites for hydroxylation is 1. The second-order valence-corrected chi connectivity index (χ2v) is 6.19. The second kappa shape index (κ2) is 8.46. The molecule has 0 atom stereocenters.